The number of rotatable bonds is 8. The predicted octanol–water partition coefficient (Wildman–Crippen LogP) is 1.32. The molecule has 11 heteroatoms. The van der Waals surface area contributed by atoms with Crippen LogP contribution >= 0.6 is 11.3 Å². The quantitative estimate of drug-likeness (QED) is 0.628. The smallest absolute Gasteiger partial charge is 0.269 e. The van der Waals surface area contributed by atoms with E-state index in [0.717, 1.165) is 29.7 Å². The van der Waals surface area contributed by atoms with Gasteiger partial charge in [-0.1, -0.05) is 29.0 Å². The van der Waals surface area contributed by atoms with Gasteiger partial charge < -0.3 is 9.47 Å². The second-order valence-electron chi connectivity index (χ2n) is 6.01. The van der Waals surface area contributed by atoms with Gasteiger partial charge in [-0.25, -0.2) is 13.1 Å². The summed E-state index contributed by atoms with van der Waals surface area (Å²) in [6.45, 7) is 2.56. The van der Waals surface area contributed by atoms with Crippen LogP contribution < -0.4 is 14.8 Å². The average Bonchev–Trinajstić information content (AvgIpc) is 3.32. The maximum Gasteiger partial charge on any atom is 0.269 e. The number of hydrogen-bond acceptors (Lipinski definition) is 8. The molecular weight excluding hydrogens is 392 g/mol. The van der Waals surface area contributed by atoms with Crippen molar-refractivity contribution in [3.63, 3.8) is 0 Å². The Morgan fingerprint density at radius 2 is 2.11 bits per heavy atom. The summed E-state index contributed by atoms with van der Waals surface area (Å²) in [5.41, 5.74) is 1.09. The van der Waals surface area contributed by atoms with E-state index in [-0.39, 0.29) is 28.7 Å². The van der Waals surface area contributed by atoms with E-state index < -0.39 is 15.9 Å². The lowest BCUT2D eigenvalue weighted by Gasteiger charge is -2.09. The van der Waals surface area contributed by atoms with Crippen LogP contribution in [-0.2, 0) is 19.6 Å². The molecule has 1 aromatic carbocycles. The van der Waals surface area contributed by atoms with Crippen molar-refractivity contribution in [1.29, 1.82) is 0 Å². The fourth-order valence-corrected chi connectivity index (χ4v) is 4.40. The summed E-state index contributed by atoms with van der Waals surface area (Å²) in [5, 5.41) is 9.90. The first kappa shape index (κ1) is 19.7. The van der Waals surface area contributed by atoms with Gasteiger partial charge in [0.15, 0.2) is 6.61 Å². The highest BCUT2D eigenvalue weighted by molar-refractivity contribution is 7.91. The van der Waals surface area contributed by atoms with E-state index in [1.165, 1.54) is 0 Å². The van der Waals surface area contributed by atoms with E-state index in [4.69, 9.17) is 9.47 Å². The number of nitrogens with one attached hydrogen (secondary N) is 2. The third-order valence-corrected chi connectivity index (χ3v) is 6.43. The molecule has 2 aromatic rings. The number of nitrogens with zero attached hydrogens (tertiary/aromatic N) is 2. The molecule has 1 unspecified atom stereocenters. The van der Waals surface area contributed by atoms with Crippen LogP contribution in [-0.4, -0.2) is 50.4 Å². The van der Waals surface area contributed by atoms with Crippen LogP contribution in [0.1, 0.15) is 18.4 Å². The fraction of sp³-hybridized carbons (Fsp3) is 0.438. The lowest BCUT2D eigenvalue weighted by Crippen LogP contribution is -2.31. The molecule has 2 N–H and O–H groups in total. The number of amides is 1. The SMILES string of the molecule is Cc1ccc(OCC(=O)Nc2nnc(S(=O)(=O)NCC3CCCO3)s2)cc1. The Morgan fingerprint density at radius 1 is 1.33 bits per heavy atom. The molecule has 0 radical (unpaired) electrons. The van der Waals surface area contributed by atoms with Crippen molar-refractivity contribution < 1.29 is 22.7 Å². The molecule has 0 spiro atoms. The maximum atomic E-state index is 12.2. The van der Waals surface area contributed by atoms with Gasteiger partial charge in [0.05, 0.1) is 6.10 Å². The zero-order valence-corrected chi connectivity index (χ0v) is 16.3. The second kappa shape index (κ2) is 8.74. The Bertz CT molecular complexity index is 876. The molecular formula is C16H20N4O5S2. The number of carbonyl (C=O) groups is 1. The number of benzene rings is 1. The third kappa shape index (κ3) is 5.70. The highest BCUT2D eigenvalue weighted by atomic mass is 32.2. The molecule has 0 saturated carbocycles. The fourth-order valence-electron chi connectivity index (χ4n) is 2.38. The molecule has 1 amide bonds. The van der Waals surface area contributed by atoms with Crippen molar-refractivity contribution in [2.24, 2.45) is 0 Å². The molecule has 0 aliphatic carbocycles. The van der Waals surface area contributed by atoms with Crippen molar-refractivity contribution in [3.05, 3.63) is 29.8 Å². The standard InChI is InChI=1S/C16H20N4O5S2/c1-11-4-6-12(7-5-11)25-10-14(21)18-15-19-20-16(26-15)27(22,23)17-9-13-3-2-8-24-13/h4-7,13,17H,2-3,8-10H2,1H3,(H,18,19,21). The van der Waals surface area contributed by atoms with E-state index in [0.29, 0.717) is 12.4 Å². The van der Waals surface area contributed by atoms with Crippen LogP contribution in [0.25, 0.3) is 0 Å². The van der Waals surface area contributed by atoms with Crippen molar-refractivity contribution in [2.75, 3.05) is 25.1 Å². The van der Waals surface area contributed by atoms with Crippen LogP contribution in [0.4, 0.5) is 5.13 Å². The highest BCUT2D eigenvalue weighted by Gasteiger charge is 2.24. The first-order chi connectivity index (χ1) is 12.9. The Kier molecular flexibility index (Phi) is 6.37. The minimum atomic E-state index is -3.79. The number of sulfonamides is 1. The molecule has 9 nitrogen and oxygen atoms in total. The van der Waals surface area contributed by atoms with Gasteiger partial charge in [0.25, 0.3) is 15.9 Å². The molecule has 1 saturated heterocycles. The zero-order valence-electron chi connectivity index (χ0n) is 14.7. The Balaban J connectivity index is 1.50. The summed E-state index contributed by atoms with van der Waals surface area (Å²) in [6, 6.07) is 7.27. The Morgan fingerprint density at radius 3 is 2.81 bits per heavy atom. The molecule has 0 bridgehead atoms. The summed E-state index contributed by atoms with van der Waals surface area (Å²) in [6.07, 6.45) is 1.62. The third-order valence-electron chi connectivity index (χ3n) is 3.80. The summed E-state index contributed by atoms with van der Waals surface area (Å²) in [7, 11) is -3.79. The summed E-state index contributed by atoms with van der Waals surface area (Å²) in [5.74, 6) is 0.109. The zero-order chi connectivity index (χ0) is 19.3. The van der Waals surface area contributed by atoms with Gasteiger partial charge in [0, 0.05) is 13.2 Å². The number of hydrogen-bond donors (Lipinski definition) is 2. The minimum Gasteiger partial charge on any atom is -0.484 e. The molecule has 27 heavy (non-hydrogen) atoms. The first-order valence-corrected chi connectivity index (χ1v) is 10.7. The Labute approximate surface area is 161 Å². The number of carbonyl (C=O) groups excluding carboxylic acids is 1. The van der Waals surface area contributed by atoms with E-state index in [1.807, 2.05) is 19.1 Å². The van der Waals surface area contributed by atoms with Gasteiger partial charge in [-0.05, 0) is 31.9 Å². The highest BCUT2D eigenvalue weighted by Crippen LogP contribution is 2.20. The topological polar surface area (TPSA) is 120 Å². The molecule has 1 fully saturated rings. The van der Waals surface area contributed by atoms with Crippen molar-refractivity contribution in [1.82, 2.24) is 14.9 Å². The van der Waals surface area contributed by atoms with E-state index in [1.54, 1.807) is 12.1 Å². The lowest BCUT2D eigenvalue weighted by atomic mass is 10.2. The number of anilines is 1. The van der Waals surface area contributed by atoms with Gasteiger partial charge in [-0.3, -0.25) is 10.1 Å². The van der Waals surface area contributed by atoms with Gasteiger partial charge >= 0.3 is 0 Å². The van der Waals surface area contributed by atoms with Crippen molar-refractivity contribution in [2.45, 2.75) is 30.2 Å². The van der Waals surface area contributed by atoms with E-state index >= 15 is 0 Å². The molecule has 1 atom stereocenters. The molecule has 3 rings (SSSR count). The first-order valence-electron chi connectivity index (χ1n) is 8.36. The summed E-state index contributed by atoms with van der Waals surface area (Å²) < 4.78 is 37.4. The molecule has 1 aliphatic heterocycles. The Hall–Kier alpha value is -2.08. The average molecular weight is 412 g/mol. The monoisotopic (exact) mass is 412 g/mol. The number of aromatic nitrogens is 2. The van der Waals surface area contributed by atoms with E-state index in [9.17, 15) is 13.2 Å². The normalized spacial score (nSPS) is 17.0. The molecule has 146 valence electrons. The van der Waals surface area contributed by atoms with Gasteiger partial charge in [0.2, 0.25) is 9.47 Å². The van der Waals surface area contributed by atoms with Gasteiger partial charge in [-0.15, -0.1) is 10.2 Å². The molecule has 2 heterocycles. The van der Waals surface area contributed by atoms with Crippen LogP contribution in [0.2, 0.25) is 0 Å². The van der Waals surface area contributed by atoms with Gasteiger partial charge in [0.1, 0.15) is 5.75 Å². The summed E-state index contributed by atoms with van der Waals surface area (Å²) >= 11 is 0.773. The van der Waals surface area contributed by atoms with Crippen LogP contribution in [0.5, 0.6) is 5.75 Å². The maximum absolute atomic E-state index is 12.2. The molecule has 1 aromatic heterocycles. The van der Waals surface area contributed by atoms with Gasteiger partial charge in [-0.2, -0.15) is 0 Å². The van der Waals surface area contributed by atoms with Crippen LogP contribution in [0.3, 0.4) is 0 Å². The van der Waals surface area contributed by atoms with Crippen LogP contribution in [0.15, 0.2) is 28.6 Å². The number of aryl methyl sites for hydroxylation is 1. The largest absolute Gasteiger partial charge is 0.484 e. The van der Waals surface area contributed by atoms with Crippen molar-refractivity contribution >= 4 is 32.4 Å². The second-order valence-corrected chi connectivity index (χ2v) is 8.93. The molecule has 1 aliphatic rings. The predicted molar refractivity (Wildman–Crippen MR) is 99.4 cm³/mol. The minimum absolute atomic E-state index is 0.0880. The van der Waals surface area contributed by atoms with E-state index in [2.05, 4.69) is 20.2 Å². The van der Waals surface area contributed by atoms with Crippen LogP contribution in [0, 0.1) is 6.92 Å². The summed E-state index contributed by atoms with van der Waals surface area (Å²) in [4.78, 5) is 11.9. The number of ether oxygens (including phenoxy) is 2. The van der Waals surface area contributed by atoms with Crippen molar-refractivity contribution in [3.8, 4) is 5.75 Å². The lowest BCUT2D eigenvalue weighted by molar-refractivity contribution is -0.118.